The van der Waals surface area contributed by atoms with Crippen molar-refractivity contribution in [2.45, 2.75) is 6.42 Å². The summed E-state index contributed by atoms with van der Waals surface area (Å²) in [7, 11) is 0. The SMILES string of the molecule is Clc1ccc(C#Cc2oc3cccnc3c2Cc2ccccc2)cc1. The second-order valence-corrected chi connectivity index (χ2v) is 6.12. The summed E-state index contributed by atoms with van der Waals surface area (Å²) in [5.74, 6) is 6.96. The Hall–Kier alpha value is -3.02. The normalized spacial score (nSPS) is 10.4. The van der Waals surface area contributed by atoms with Gasteiger partial charge in [-0.15, -0.1) is 0 Å². The third-order valence-corrected chi connectivity index (χ3v) is 4.18. The molecule has 0 fully saturated rings. The molecule has 2 nitrogen and oxygen atoms in total. The van der Waals surface area contributed by atoms with Crippen LogP contribution in [0, 0.1) is 11.8 Å². The number of benzene rings is 2. The molecular formula is C22H14ClNO. The van der Waals surface area contributed by atoms with E-state index in [4.69, 9.17) is 16.0 Å². The molecule has 120 valence electrons. The Morgan fingerprint density at radius 2 is 1.68 bits per heavy atom. The van der Waals surface area contributed by atoms with Crippen LogP contribution in [0.25, 0.3) is 11.1 Å². The van der Waals surface area contributed by atoms with Crippen molar-refractivity contribution in [1.29, 1.82) is 0 Å². The Kier molecular flexibility index (Phi) is 4.24. The van der Waals surface area contributed by atoms with Gasteiger partial charge < -0.3 is 4.42 Å². The lowest BCUT2D eigenvalue weighted by molar-refractivity contribution is 0.596. The number of aromatic nitrogens is 1. The van der Waals surface area contributed by atoms with E-state index in [0.717, 1.165) is 28.6 Å². The first-order valence-electron chi connectivity index (χ1n) is 7.97. The highest BCUT2D eigenvalue weighted by atomic mass is 35.5. The van der Waals surface area contributed by atoms with Crippen LogP contribution in [0.1, 0.15) is 22.5 Å². The third-order valence-electron chi connectivity index (χ3n) is 3.93. The van der Waals surface area contributed by atoms with E-state index in [1.165, 1.54) is 5.56 Å². The fourth-order valence-corrected chi connectivity index (χ4v) is 2.83. The van der Waals surface area contributed by atoms with Crippen molar-refractivity contribution in [2.24, 2.45) is 0 Å². The predicted molar refractivity (Wildman–Crippen MR) is 101 cm³/mol. The monoisotopic (exact) mass is 343 g/mol. The van der Waals surface area contributed by atoms with Gasteiger partial charge in [0.2, 0.25) is 0 Å². The highest BCUT2D eigenvalue weighted by Crippen LogP contribution is 2.26. The molecule has 0 N–H and O–H groups in total. The first-order chi connectivity index (χ1) is 12.3. The molecule has 2 aromatic heterocycles. The molecule has 0 spiro atoms. The summed E-state index contributed by atoms with van der Waals surface area (Å²) < 4.78 is 5.95. The van der Waals surface area contributed by atoms with Gasteiger partial charge in [-0.2, -0.15) is 0 Å². The van der Waals surface area contributed by atoms with Crippen LogP contribution in [-0.2, 0) is 6.42 Å². The van der Waals surface area contributed by atoms with Crippen molar-refractivity contribution in [1.82, 2.24) is 4.98 Å². The van der Waals surface area contributed by atoms with Gasteiger partial charge in [0.15, 0.2) is 11.3 Å². The van der Waals surface area contributed by atoms with E-state index in [9.17, 15) is 0 Å². The Balaban J connectivity index is 1.78. The summed E-state index contributed by atoms with van der Waals surface area (Å²) in [6.45, 7) is 0. The second kappa shape index (κ2) is 6.84. The summed E-state index contributed by atoms with van der Waals surface area (Å²) in [6, 6.07) is 21.5. The van der Waals surface area contributed by atoms with Crippen molar-refractivity contribution in [3.8, 4) is 11.8 Å². The molecule has 0 aliphatic carbocycles. The lowest BCUT2D eigenvalue weighted by atomic mass is 10.0. The number of fused-ring (bicyclic) bond motifs is 1. The van der Waals surface area contributed by atoms with Crippen LogP contribution in [-0.4, -0.2) is 4.98 Å². The van der Waals surface area contributed by atoms with Gasteiger partial charge in [-0.3, -0.25) is 4.98 Å². The van der Waals surface area contributed by atoms with Crippen molar-refractivity contribution in [3.63, 3.8) is 0 Å². The zero-order valence-electron chi connectivity index (χ0n) is 13.4. The minimum atomic E-state index is 0.660. The highest BCUT2D eigenvalue weighted by molar-refractivity contribution is 6.30. The molecule has 4 aromatic rings. The van der Waals surface area contributed by atoms with Gasteiger partial charge in [0.25, 0.3) is 0 Å². The van der Waals surface area contributed by atoms with Gasteiger partial charge in [0, 0.05) is 28.8 Å². The molecule has 0 atom stereocenters. The van der Waals surface area contributed by atoms with E-state index in [1.807, 2.05) is 54.6 Å². The largest absolute Gasteiger partial charge is 0.446 e. The van der Waals surface area contributed by atoms with Gasteiger partial charge in [-0.25, -0.2) is 0 Å². The Bertz CT molecular complexity index is 1070. The summed E-state index contributed by atoms with van der Waals surface area (Å²) in [6.07, 6.45) is 2.51. The fraction of sp³-hybridized carbons (Fsp3) is 0.0455. The molecule has 0 bridgehead atoms. The topological polar surface area (TPSA) is 26.0 Å². The van der Waals surface area contributed by atoms with E-state index in [1.54, 1.807) is 6.20 Å². The van der Waals surface area contributed by atoms with Gasteiger partial charge in [-0.05, 0) is 47.9 Å². The summed E-state index contributed by atoms with van der Waals surface area (Å²) >= 11 is 5.92. The molecule has 2 heterocycles. The standard InChI is InChI=1S/C22H14ClNO/c23-18-11-8-16(9-12-18)10-13-20-19(15-17-5-2-1-3-6-17)22-21(25-20)7-4-14-24-22/h1-9,11-12,14H,15H2. The number of rotatable bonds is 2. The molecule has 0 saturated carbocycles. The van der Waals surface area contributed by atoms with Crippen molar-refractivity contribution < 1.29 is 4.42 Å². The minimum Gasteiger partial charge on any atom is -0.446 e. The molecule has 25 heavy (non-hydrogen) atoms. The Morgan fingerprint density at radius 3 is 2.48 bits per heavy atom. The average Bonchev–Trinajstić information content (AvgIpc) is 3.00. The van der Waals surface area contributed by atoms with Gasteiger partial charge in [0.1, 0.15) is 5.52 Å². The minimum absolute atomic E-state index is 0.660. The first kappa shape index (κ1) is 15.5. The van der Waals surface area contributed by atoms with E-state index in [2.05, 4.69) is 29.0 Å². The van der Waals surface area contributed by atoms with Crippen LogP contribution in [0.3, 0.4) is 0 Å². The molecule has 2 aromatic carbocycles. The van der Waals surface area contributed by atoms with Crippen molar-refractivity contribution in [3.05, 3.63) is 100 Å². The first-order valence-corrected chi connectivity index (χ1v) is 8.35. The van der Waals surface area contributed by atoms with Crippen LogP contribution in [0.15, 0.2) is 77.3 Å². The second-order valence-electron chi connectivity index (χ2n) is 5.68. The maximum atomic E-state index is 5.95. The van der Waals surface area contributed by atoms with E-state index < -0.39 is 0 Å². The zero-order chi connectivity index (χ0) is 17.1. The van der Waals surface area contributed by atoms with Crippen LogP contribution < -0.4 is 0 Å². The summed E-state index contributed by atoms with van der Waals surface area (Å²) in [5, 5.41) is 0.697. The van der Waals surface area contributed by atoms with Gasteiger partial charge >= 0.3 is 0 Å². The maximum absolute atomic E-state index is 5.95. The fourth-order valence-electron chi connectivity index (χ4n) is 2.71. The molecular weight excluding hydrogens is 330 g/mol. The van der Waals surface area contributed by atoms with Crippen molar-refractivity contribution in [2.75, 3.05) is 0 Å². The lowest BCUT2D eigenvalue weighted by Crippen LogP contribution is -1.90. The van der Waals surface area contributed by atoms with Gasteiger partial charge in [-0.1, -0.05) is 47.9 Å². The summed E-state index contributed by atoms with van der Waals surface area (Å²) in [5.41, 5.74) is 4.73. The Labute approximate surface area is 151 Å². The maximum Gasteiger partial charge on any atom is 0.183 e. The number of nitrogens with zero attached hydrogens (tertiary/aromatic N) is 1. The number of furan rings is 1. The molecule has 0 unspecified atom stereocenters. The molecule has 4 rings (SSSR count). The van der Waals surface area contributed by atoms with Crippen LogP contribution in [0.5, 0.6) is 0 Å². The smallest absolute Gasteiger partial charge is 0.183 e. The lowest BCUT2D eigenvalue weighted by Gasteiger charge is -1.99. The molecule has 0 radical (unpaired) electrons. The quantitative estimate of drug-likeness (QED) is 0.451. The number of pyridine rings is 1. The average molecular weight is 344 g/mol. The molecule has 3 heteroatoms. The zero-order valence-corrected chi connectivity index (χ0v) is 14.1. The molecule has 0 saturated heterocycles. The predicted octanol–water partition coefficient (Wildman–Crippen LogP) is 5.47. The number of halogens is 1. The molecule has 0 aliphatic rings. The number of hydrogen-bond donors (Lipinski definition) is 0. The van der Waals surface area contributed by atoms with E-state index >= 15 is 0 Å². The van der Waals surface area contributed by atoms with Gasteiger partial charge in [0.05, 0.1) is 0 Å². The van der Waals surface area contributed by atoms with Crippen molar-refractivity contribution >= 4 is 22.7 Å². The van der Waals surface area contributed by atoms with E-state index in [-0.39, 0.29) is 0 Å². The third kappa shape index (κ3) is 3.42. The number of hydrogen-bond acceptors (Lipinski definition) is 2. The summed E-state index contributed by atoms with van der Waals surface area (Å²) in [4.78, 5) is 4.49. The Morgan fingerprint density at radius 1 is 0.880 bits per heavy atom. The van der Waals surface area contributed by atoms with Crippen LogP contribution in [0.4, 0.5) is 0 Å². The molecule has 0 amide bonds. The van der Waals surface area contributed by atoms with E-state index in [0.29, 0.717) is 10.8 Å². The van der Waals surface area contributed by atoms with Crippen LogP contribution >= 0.6 is 11.6 Å². The highest BCUT2D eigenvalue weighted by Gasteiger charge is 2.14. The molecule has 0 aliphatic heterocycles. The van der Waals surface area contributed by atoms with Crippen LogP contribution in [0.2, 0.25) is 5.02 Å².